The average molecular weight is 310 g/mol. The number of rotatable bonds is 14. The van der Waals surface area contributed by atoms with Crippen LogP contribution in [0.3, 0.4) is 0 Å². The molecule has 0 aromatic rings. The predicted molar refractivity (Wildman–Crippen MR) is 90.9 cm³/mol. The molecule has 1 fully saturated rings. The second-order valence-electron chi connectivity index (χ2n) is 6.28. The zero-order valence-corrected chi connectivity index (χ0v) is 14.5. The fourth-order valence-corrected chi connectivity index (χ4v) is 2.75. The molecule has 1 heterocycles. The minimum Gasteiger partial charge on any atom is -0.467 e. The van der Waals surface area contributed by atoms with Gasteiger partial charge in [0.05, 0.1) is 13.2 Å². The number of ether oxygens (including phenoxy) is 2. The number of hydrogen-bond acceptors (Lipinski definition) is 3. The van der Waals surface area contributed by atoms with Gasteiger partial charge in [0.1, 0.15) is 0 Å². The van der Waals surface area contributed by atoms with Crippen molar-refractivity contribution in [3.8, 4) is 0 Å². The van der Waals surface area contributed by atoms with E-state index >= 15 is 0 Å². The molecule has 3 nitrogen and oxygen atoms in total. The summed E-state index contributed by atoms with van der Waals surface area (Å²) < 4.78 is 9.94. The Kier molecular flexibility index (Phi) is 11.1. The van der Waals surface area contributed by atoms with E-state index in [9.17, 15) is 4.79 Å². The summed E-state index contributed by atoms with van der Waals surface area (Å²) in [7, 11) is 1.42. The van der Waals surface area contributed by atoms with Gasteiger partial charge in [0.2, 0.25) is 0 Å². The third kappa shape index (κ3) is 9.24. The van der Waals surface area contributed by atoms with Crippen molar-refractivity contribution in [3.63, 3.8) is 0 Å². The van der Waals surface area contributed by atoms with Crippen LogP contribution in [-0.2, 0) is 14.3 Å². The van der Waals surface area contributed by atoms with Crippen LogP contribution in [0.2, 0.25) is 0 Å². The van der Waals surface area contributed by atoms with Gasteiger partial charge in [-0.3, -0.25) is 0 Å². The first-order valence-electron chi connectivity index (χ1n) is 9.18. The van der Waals surface area contributed by atoms with Gasteiger partial charge in [-0.1, -0.05) is 64.0 Å². The number of carbonyl (C=O) groups is 1. The summed E-state index contributed by atoms with van der Waals surface area (Å²) in [6, 6.07) is 0. The van der Waals surface area contributed by atoms with E-state index in [1.54, 1.807) is 0 Å². The standard InChI is InChI=1S/C19H34O3/c1-3-4-5-6-7-8-9-10-11-12-13-14-15-16-17-18(22-17)19(20)21-2/h10-11,17-18H,3-9,12-16H2,1-2H3. The van der Waals surface area contributed by atoms with Gasteiger partial charge in [-0.25, -0.2) is 4.79 Å². The Morgan fingerprint density at radius 1 is 0.955 bits per heavy atom. The molecule has 128 valence electrons. The Labute approximate surface area is 136 Å². The number of epoxide rings is 1. The van der Waals surface area contributed by atoms with E-state index in [0.717, 1.165) is 12.8 Å². The molecule has 0 aromatic carbocycles. The summed E-state index contributed by atoms with van der Waals surface area (Å²) in [6.45, 7) is 2.26. The van der Waals surface area contributed by atoms with Crippen molar-refractivity contribution in [1.29, 1.82) is 0 Å². The molecule has 0 amide bonds. The van der Waals surface area contributed by atoms with E-state index in [4.69, 9.17) is 4.74 Å². The molecule has 0 saturated carbocycles. The smallest absolute Gasteiger partial charge is 0.337 e. The van der Waals surface area contributed by atoms with E-state index in [1.807, 2.05) is 0 Å². The second-order valence-corrected chi connectivity index (χ2v) is 6.28. The van der Waals surface area contributed by atoms with Crippen LogP contribution in [0, 0.1) is 0 Å². The molecule has 0 N–H and O–H groups in total. The molecule has 2 atom stereocenters. The molecule has 1 aliphatic rings. The molecule has 0 aromatic heterocycles. The van der Waals surface area contributed by atoms with Gasteiger partial charge in [0, 0.05) is 0 Å². The first-order valence-corrected chi connectivity index (χ1v) is 9.18. The summed E-state index contributed by atoms with van der Waals surface area (Å²) >= 11 is 0. The lowest BCUT2D eigenvalue weighted by molar-refractivity contribution is -0.142. The quantitative estimate of drug-likeness (QED) is 0.192. The Bertz CT molecular complexity index is 312. The van der Waals surface area contributed by atoms with E-state index in [2.05, 4.69) is 23.8 Å². The maximum Gasteiger partial charge on any atom is 0.337 e. The number of hydrogen-bond donors (Lipinski definition) is 0. The second kappa shape index (κ2) is 12.7. The SMILES string of the molecule is CCCCCCCCC=CCCCCCC1OC1C(=O)OC. The highest BCUT2D eigenvalue weighted by Crippen LogP contribution is 2.28. The molecule has 2 unspecified atom stereocenters. The highest BCUT2D eigenvalue weighted by molar-refractivity contribution is 5.77. The van der Waals surface area contributed by atoms with E-state index < -0.39 is 0 Å². The Hall–Kier alpha value is -0.830. The van der Waals surface area contributed by atoms with Gasteiger partial charge in [-0.05, 0) is 32.1 Å². The molecular weight excluding hydrogens is 276 g/mol. The number of methoxy groups -OCH3 is 1. The number of allylic oxidation sites excluding steroid dienone is 2. The summed E-state index contributed by atoms with van der Waals surface area (Å²) in [4.78, 5) is 11.2. The molecule has 1 saturated heterocycles. The number of esters is 1. The largest absolute Gasteiger partial charge is 0.467 e. The lowest BCUT2D eigenvalue weighted by atomic mass is 10.1. The summed E-state index contributed by atoms with van der Waals surface area (Å²) in [5, 5.41) is 0. The molecule has 0 radical (unpaired) electrons. The molecule has 0 spiro atoms. The maximum atomic E-state index is 11.2. The van der Waals surface area contributed by atoms with Crippen LogP contribution in [-0.4, -0.2) is 25.3 Å². The lowest BCUT2D eigenvalue weighted by Crippen LogP contribution is -2.11. The van der Waals surface area contributed by atoms with Crippen molar-refractivity contribution >= 4 is 5.97 Å². The zero-order valence-electron chi connectivity index (χ0n) is 14.5. The van der Waals surface area contributed by atoms with Crippen LogP contribution >= 0.6 is 0 Å². The van der Waals surface area contributed by atoms with Crippen LogP contribution in [0.25, 0.3) is 0 Å². The summed E-state index contributed by atoms with van der Waals surface area (Å²) in [5.74, 6) is -0.220. The van der Waals surface area contributed by atoms with Crippen molar-refractivity contribution in [3.05, 3.63) is 12.2 Å². The Balaban J connectivity index is 1.78. The number of carbonyl (C=O) groups excluding carboxylic acids is 1. The highest BCUT2D eigenvalue weighted by Gasteiger charge is 2.45. The highest BCUT2D eigenvalue weighted by atomic mass is 16.6. The molecule has 1 rings (SSSR count). The zero-order chi connectivity index (χ0) is 16.0. The first-order chi connectivity index (χ1) is 10.8. The Morgan fingerprint density at radius 2 is 1.55 bits per heavy atom. The monoisotopic (exact) mass is 310 g/mol. The minimum absolute atomic E-state index is 0.121. The van der Waals surface area contributed by atoms with Gasteiger partial charge in [-0.2, -0.15) is 0 Å². The van der Waals surface area contributed by atoms with Crippen LogP contribution in [0.5, 0.6) is 0 Å². The van der Waals surface area contributed by atoms with Crippen molar-refractivity contribution in [2.75, 3.05) is 7.11 Å². The summed E-state index contributed by atoms with van der Waals surface area (Å²) in [6.07, 6.45) is 19.8. The minimum atomic E-state index is -0.276. The third-order valence-corrected chi connectivity index (χ3v) is 4.27. The molecule has 1 aliphatic heterocycles. The summed E-state index contributed by atoms with van der Waals surface area (Å²) in [5.41, 5.74) is 0. The molecule has 0 bridgehead atoms. The van der Waals surface area contributed by atoms with E-state index in [-0.39, 0.29) is 18.2 Å². The van der Waals surface area contributed by atoms with Gasteiger partial charge < -0.3 is 9.47 Å². The van der Waals surface area contributed by atoms with Crippen molar-refractivity contribution < 1.29 is 14.3 Å². The number of unbranched alkanes of at least 4 members (excludes halogenated alkanes) is 9. The normalized spacial score (nSPS) is 20.5. The van der Waals surface area contributed by atoms with Crippen LogP contribution < -0.4 is 0 Å². The lowest BCUT2D eigenvalue weighted by Gasteiger charge is -1.98. The van der Waals surface area contributed by atoms with Crippen LogP contribution in [0.1, 0.15) is 84.0 Å². The molecular formula is C19H34O3. The van der Waals surface area contributed by atoms with Crippen molar-refractivity contribution in [2.24, 2.45) is 0 Å². The van der Waals surface area contributed by atoms with Gasteiger partial charge in [0.15, 0.2) is 6.10 Å². The average Bonchev–Trinajstić information content (AvgIpc) is 3.30. The molecule has 0 aliphatic carbocycles. The van der Waals surface area contributed by atoms with Gasteiger partial charge >= 0.3 is 5.97 Å². The van der Waals surface area contributed by atoms with Gasteiger partial charge in [-0.15, -0.1) is 0 Å². The fourth-order valence-electron chi connectivity index (χ4n) is 2.75. The predicted octanol–water partition coefficient (Wildman–Crippen LogP) is 5.18. The first kappa shape index (κ1) is 19.2. The fraction of sp³-hybridized carbons (Fsp3) is 0.842. The van der Waals surface area contributed by atoms with E-state index in [0.29, 0.717) is 0 Å². The van der Waals surface area contributed by atoms with Gasteiger partial charge in [0.25, 0.3) is 0 Å². The van der Waals surface area contributed by atoms with Crippen molar-refractivity contribution in [2.45, 2.75) is 96.2 Å². The van der Waals surface area contributed by atoms with E-state index in [1.165, 1.54) is 71.3 Å². The topological polar surface area (TPSA) is 38.8 Å². The Morgan fingerprint density at radius 3 is 2.18 bits per heavy atom. The maximum absolute atomic E-state index is 11.2. The van der Waals surface area contributed by atoms with Crippen LogP contribution in [0.4, 0.5) is 0 Å². The van der Waals surface area contributed by atoms with Crippen molar-refractivity contribution in [1.82, 2.24) is 0 Å². The molecule has 3 heteroatoms. The van der Waals surface area contributed by atoms with Crippen LogP contribution in [0.15, 0.2) is 12.2 Å². The molecule has 22 heavy (non-hydrogen) atoms. The third-order valence-electron chi connectivity index (χ3n) is 4.27.